The Bertz CT molecular complexity index is 414. The molecule has 1 N–H and O–H groups in total. The van der Waals surface area contributed by atoms with Crippen molar-refractivity contribution in [1.82, 2.24) is 9.97 Å². The van der Waals surface area contributed by atoms with Gasteiger partial charge in [-0.05, 0) is 26.2 Å². The van der Waals surface area contributed by atoms with E-state index in [1.165, 1.54) is 19.3 Å². The predicted octanol–water partition coefficient (Wildman–Crippen LogP) is 1.40. The van der Waals surface area contributed by atoms with Crippen LogP contribution in [0.5, 0.6) is 0 Å². The van der Waals surface area contributed by atoms with Gasteiger partial charge in [-0.2, -0.15) is 0 Å². The third-order valence-corrected chi connectivity index (χ3v) is 3.05. The Balaban J connectivity index is 2.14. The first-order valence-electron chi connectivity index (χ1n) is 5.96. The van der Waals surface area contributed by atoms with Crippen molar-refractivity contribution in [3.8, 4) is 0 Å². The van der Waals surface area contributed by atoms with Crippen LogP contribution in [0.25, 0.3) is 0 Å². The van der Waals surface area contributed by atoms with Gasteiger partial charge < -0.3 is 10.0 Å². The van der Waals surface area contributed by atoms with Crippen molar-refractivity contribution in [2.75, 3.05) is 18.0 Å². The molecule has 0 aliphatic carbocycles. The highest BCUT2D eigenvalue weighted by atomic mass is 16.4. The van der Waals surface area contributed by atoms with E-state index in [1.54, 1.807) is 6.20 Å². The number of anilines is 1. The second kappa shape index (κ2) is 5.12. The molecule has 1 aliphatic rings. The van der Waals surface area contributed by atoms with E-state index in [2.05, 4.69) is 14.9 Å². The molecule has 0 unspecified atom stereocenters. The standard InChI is InChI=1S/C12H17N3O2/c1-9-10(7-11(16)17)8-13-12(14-9)15-5-3-2-4-6-15/h8H,2-7H2,1H3,(H,16,17). The van der Waals surface area contributed by atoms with Crippen molar-refractivity contribution in [2.45, 2.75) is 32.6 Å². The predicted molar refractivity (Wildman–Crippen MR) is 64.2 cm³/mol. The summed E-state index contributed by atoms with van der Waals surface area (Å²) in [4.78, 5) is 21.5. The van der Waals surface area contributed by atoms with Gasteiger partial charge in [0, 0.05) is 30.5 Å². The smallest absolute Gasteiger partial charge is 0.307 e. The van der Waals surface area contributed by atoms with E-state index in [1.807, 2.05) is 6.92 Å². The van der Waals surface area contributed by atoms with Crippen molar-refractivity contribution in [3.05, 3.63) is 17.5 Å². The Morgan fingerprint density at radius 3 is 2.71 bits per heavy atom. The van der Waals surface area contributed by atoms with Crippen LogP contribution in [-0.4, -0.2) is 34.1 Å². The summed E-state index contributed by atoms with van der Waals surface area (Å²) >= 11 is 0. The van der Waals surface area contributed by atoms with E-state index in [-0.39, 0.29) is 6.42 Å². The van der Waals surface area contributed by atoms with Crippen molar-refractivity contribution in [3.63, 3.8) is 0 Å². The fourth-order valence-electron chi connectivity index (χ4n) is 2.06. The molecule has 2 rings (SSSR count). The van der Waals surface area contributed by atoms with Gasteiger partial charge in [-0.1, -0.05) is 0 Å². The molecule has 0 radical (unpaired) electrons. The van der Waals surface area contributed by atoms with Gasteiger partial charge in [0.05, 0.1) is 6.42 Å². The maximum Gasteiger partial charge on any atom is 0.307 e. The molecular formula is C12H17N3O2. The zero-order valence-corrected chi connectivity index (χ0v) is 10.0. The van der Waals surface area contributed by atoms with Crippen molar-refractivity contribution in [1.29, 1.82) is 0 Å². The third kappa shape index (κ3) is 2.93. The molecule has 0 saturated carbocycles. The molecule has 0 amide bonds. The molecule has 1 aromatic heterocycles. The van der Waals surface area contributed by atoms with Crippen LogP contribution in [0.2, 0.25) is 0 Å². The molecule has 2 heterocycles. The zero-order valence-electron chi connectivity index (χ0n) is 10.0. The summed E-state index contributed by atoms with van der Waals surface area (Å²) in [5, 5.41) is 8.74. The molecule has 0 aromatic carbocycles. The minimum Gasteiger partial charge on any atom is -0.481 e. The Morgan fingerprint density at radius 1 is 1.41 bits per heavy atom. The highest BCUT2D eigenvalue weighted by Gasteiger charge is 2.15. The molecule has 1 aliphatic heterocycles. The number of carbonyl (C=O) groups is 1. The van der Waals surface area contributed by atoms with E-state index in [0.717, 1.165) is 24.7 Å². The first-order valence-corrected chi connectivity index (χ1v) is 5.96. The van der Waals surface area contributed by atoms with Gasteiger partial charge in [0.1, 0.15) is 0 Å². The number of aromatic nitrogens is 2. The summed E-state index contributed by atoms with van der Waals surface area (Å²) < 4.78 is 0. The molecule has 1 aromatic rings. The van der Waals surface area contributed by atoms with Crippen LogP contribution >= 0.6 is 0 Å². The molecule has 0 bridgehead atoms. The number of carboxylic acids is 1. The maximum absolute atomic E-state index is 10.6. The number of aryl methyl sites for hydroxylation is 1. The fraction of sp³-hybridized carbons (Fsp3) is 0.583. The van der Waals surface area contributed by atoms with Crippen LogP contribution < -0.4 is 4.90 Å². The number of piperidine rings is 1. The van der Waals surface area contributed by atoms with E-state index in [0.29, 0.717) is 5.56 Å². The van der Waals surface area contributed by atoms with Gasteiger partial charge >= 0.3 is 5.97 Å². The highest BCUT2D eigenvalue weighted by Crippen LogP contribution is 2.16. The Hall–Kier alpha value is -1.65. The summed E-state index contributed by atoms with van der Waals surface area (Å²) in [5.74, 6) is -0.112. The van der Waals surface area contributed by atoms with Gasteiger partial charge in [0.25, 0.3) is 0 Å². The lowest BCUT2D eigenvalue weighted by Crippen LogP contribution is -2.31. The van der Waals surface area contributed by atoms with E-state index >= 15 is 0 Å². The lowest BCUT2D eigenvalue weighted by atomic mass is 10.1. The number of aliphatic carboxylic acids is 1. The molecule has 92 valence electrons. The fourth-order valence-corrected chi connectivity index (χ4v) is 2.06. The topological polar surface area (TPSA) is 66.3 Å². The molecule has 0 spiro atoms. The number of hydrogen-bond acceptors (Lipinski definition) is 4. The van der Waals surface area contributed by atoms with E-state index in [9.17, 15) is 4.79 Å². The van der Waals surface area contributed by atoms with E-state index < -0.39 is 5.97 Å². The SMILES string of the molecule is Cc1nc(N2CCCCC2)ncc1CC(=O)O. The second-order valence-corrected chi connectivity index (χ2v) is 4.40. The van der Waals surface area contributed by atoms with Crippen LogP contribution in [0.15, 0.2) is 6.20 Å². The normalized spacial score (nSPS) is 15.9. The quantitative estimate of drug-likeness (QED) is 0.857. The largest absolute Gasteiger partial charge is 0.481 e. The second-order valence-electron chi connectivity index (χ2n) is 4.40. The van der Waals surface area contributed by atoms with Crippen molar-refractivity contribution >= 4 is 11.9 Å². The lowest BCUT2D eigenvalue weighted by Gasteiger charge is -2.26. The monoisotopic (exact) mass is 235 g/mol. The van der Waals surface area contributed by atoms with Crippen LogP contribution in [0, 0.1) is 6.92 Å². The average Bonchev–Trinajstić information content (AvgIpc) is 2.32. The summed E-state index contributed by atoms with van der Waals surface area (Å²) in [6.07, 6.45) is 5.26. The number of carboxylic acid groups (broad SMARTS) is 1. The van der Waals surface area contributed by atoms with Crippen LogP contribution in [-0.2, 0) is 11.2 Å². The summed E-state index contributed by atoms with van der Waals surface area (Å²) in [5.41, 5.74) is 1.46. The molecule has 5 heteroatoms. The molecule has 5 nitrogen and oxygen atoms in total. The van der Waals surface area contributed by atoms with Crippen LogP contribution in [0.4, 0.5) is 5.95 Å². The molecule has 1 fully saturated rings. The van der Waals surface area contributed by atoms with Gasteiger partial charge in [-0.15, -0.1) is 0 Å². The minimum absolute atomic E-state index is 0.00782. The van der Waals surface area contributed by atoms with Crippen molar-refractivity contribution in [2.24, 2.45) is 0 Å². The third-order valence-electron chi connectivity index (χ3n) is 3.05. The first kappa shape index (κ1) is 11.8. The molecular weight excluding hydrogens is 218 g/mol. The van der Waals surface area contributed by atoms with E-state index in [4.69, 9.17) is 5.11 Å². The number of nitrogens with zero attached hydrogens (tertiary/aromatic N) is 3. The Morgan fingerprint density at radius 2 is 2.12 bits per heavy atom. The minimum atomic E-state index is -0.845. The Kier molecular flexibility index (Phi) is 3.56. The van der Waals surface area contributed by atoms with Gasteiger partial charge in [-0.3, -0.25) is 4.79 Å². The first-order chi connectivity index (χ1) is 8.16. The van der Waals surface area contributed by atoms with Crippen LogP contribution in [0.3, 0.4) is 0 Å². The Labute approximate surface area is 100 Å². The van der Waals surface area contributed by atoms with Gasteiger partial charge in [0.15, 0.2) is 0 Å². The highest BCUT2D eigenvalue weighted by molar-refractivity contribution is 5.70. The summed E-state index contributed by atoms with van der Waals surface area (Å²) in [7, 11) is 0. The van der Waals surface area contributed by atoms with Gasteiger partial charge in [-0.25, -0.2) is 9.97 Å². The zero-order chi connectivity index (χ0) is 12.3. The number of hydrogen-bond donors (Lipinski definition) is 1. The molecule has 17 heavy (non-hydrogen) atoms. The maximum atomic E-state index is 10.6. The number of rotatable bonds is 3. The summed E-state index contributed by atoms with van der Waals surface area (Å²) in [6.45, 7) is 3.84. The molecule has 1 saturated heterocycles. The van der Waals surface area contributed by atoms with Gasteiger partial charge in [0.2, 0.25) is 5.95 Å². The van der Waals surface area contributed by atoms with Crippen molar-refractivity contribution < 1.29 is 9.90 Å². The van der Waals surface area contributed by atoms with Crippen LogP contribution in [0.1, 0.15) is 30.5 Å². The summed E-state index contributed by atoms with van der Waals surface area (Å²) in [6, 6.07) is 0. The average molecular weight is 235 g/mol. The lowest BCUT2D eigenvalue weighted by molar-refractivity contribution is -0.136. The molecule has 0 atom stereocenters.